The molecule has 4 rings (SSSR count). The van der Waals surface area contributed by atoms with Crippen molar-refractivity contribution in [1.82, 2.24) is 9.88 Å². The average molecular weight is 307 g/mol. The molecule has 0 spiro atoms. The molecule has 1 aliphatic carbocycles. The largest absolute Gasteiger partial charge is 0.342 e. The zero-order chi connectivity index (χ0) is 11.4. The molecule has 0 saturated heterocycles. The second-order valence-corrected chi connectivity index (χ2v) is 5.43. The Bertz CT molecular complexity index is 598. The molecule has 1 aromatic carbocycles. The van der Waals surface area contributed by atoms with Crippen LogP contribution in [-0.4, -0.2) is 11.1 Å². The molecule has 2 nitrogen and oxygen atoms in total. The molecular formula is C15H19BrN2. The van der Waals surface area contributed by atoms with Crippen LogP contribution in [-0.2, 0) is 13.0 Å². The Balaban J connectivity index is 0.000001000. The summed E-state index contributed by atoms with van der Waals surface area (Å²) in [7, 11) is 0. The Hall–Kier alpha value is -0.800. The van der Waals surface area contributed by atoms with Gasteiger partial charge in [-0.1, -0.05) is 11.6 Å². The predicted molar refractivity (Wildman–Crippen MR) is 80.7 cm³/mol. The zero-order valence-corrected chi connectivity index (χ0v) is 12.4. The van der Waals surface area contributed by atoms with Crippen LogP contribution in [0.3, 0.4) is 0 Å². The van der Waals surface area contributed by atoms with Gasteiger partial charge in [-0.3, -0.25) is 0 Å². The van der Waals surface area contributed by atoms with E-state index in [0.717, 1.165) is 13.1 Å². The van der Waals surface area contributed by atoms with Crippen molar-refractivity contribution in [2.24, 2.45) is 0 Å². The van der Waals surface area contributed by atoms with Crippen LogP contribution in [0.4, 0.5) is 0 Å². The van der Waals surface area contributed by atoms with Gasteiger partial charge in [-0.15, -0.1) is 17.0 Å². The fourth-order valence-corrected chi connectivity index (χ4v) is 3.63. The molecule has 2 aromatic rings. The highest BCUT2D eigenvalue weighted by Crippen LogP contribution is 2.38. The number of rotatable bonds is 0. The number of aromatic nitrogens is 1. The van der Waals surface area contributed by atoms with Crippen molar-refractivity contribution in [3.63, 3.8) is 0 Å². The first-order chi connectivity index (χ1) is 8.34. The van der Waals surface area contributed by atoms with Crippen molar-refractivity contribution in [2.45, 2.75) is 38.8 Å². The van der Waals surface area contributed by atoms with Crippen LogP contribution in [0.2, 0.25) is 0 Å². The predicted octanol–water partition coefficient (Wildman–Crippen LogP) is 3.51. The Kier molecular flexibility index (Phi) is 2.99. The van der Waals surface area contributed by atoms with E-state index < -0.39 is 0 Å². The van der Waals surface area contributed by atoms with Crippen molar-refractivity contribution < 1.29 is 0 Å². The first kappa shape index (κ1) is 12.2. The molecule has 1 N–H and O–H groups in total. The fourth-order valence-electron chi connectivity index (χ4n) is 3.63. The molecule has 0 fully saturated rings. The summed E-state index contributed by atoms with van der Waals surface area (Å²) >= 11 is 0. The van der Waals surface area contributed by atoms with Crippen molar-refractivity contribution in [2.75, 3.05) is 6.54 Å². The number of hydrogen-bond donors (Lipinski definition) is 1. The van der Waals surface area contributed by atoms with Crippen LogP contribution in [0, 0.1) is 6.92 Å². The van der Waals surface area contributed by atoms with Gasteiger partial charge < -0.3 is 9.88 Å². The van der Waals surface area contributed by atoms with Crippen molar-refractivity contribution in [1.29, 1.82) is 0 Å². The normalized spacial score (nSPS) is 21.5. The Morgan fingerprint density at radius 3 is 3.11 bits per heavy atom. The summed E-state index contributed by atoms with van der Waals surface area (Å²) in [6.45, 7) is 4.45. The van der Waals surface area contributed by atoms with Gasteiger partial charge in [0, 0.05) is 35.7 Å². The van der Waals surface area contributed by atoms with Gasteiger partial charge in [-0.25, -0.2) is 0 Å². The maximum Gasteiger partial charge on any atom is 0.0486 e. The van der Waals surface area contributed by atoms with Gasteiger partial charge in [0.2, 0.25) is 0 Å². The van der Waals surface area contributed by atoms with Gasteiger partial charge in [0.15, 0.2) is 0 Å². The van der Waals surface area contributed by atoms with Crippen LogP contribution in [0.5, 0.6) is 0 Å². The molecule has 0 bridgehead atoms. The van der Waals surface area contributed by atoms with E-state index in [4.69, 9.17) is 0 Å². The maximum atomic E-state index is 3.67. The lowest BCUT2D eigenvalue weighted by Crippen LogP contribution is -2.35. The maximum absolute atomic E-state index is 3.67. The minimum absolute atomic E-state index is 0. The minimum atomic E-state index is 0. The number of hydrogen-bond acceptors (Lipinski definition) is 1. The van der Waals surface area contributed by atoms with E-state index in [0.29, 0.717) is 6.04 Å². The van der Waals surface area contributed by atoms with E-state index >= 15 is 0 Å². The molecule has 0 radical (unpaired) electrons. The average Bonchev–Trinajstić information content (AvgIpc) is 2.67. The number of nitrogens with zero attached hydrogens (tertiary/aromatic N) is 1. The highest BCUT2D eigenvalue weighted by molar-refractivity contribution is 8.93. The van der Waals surface area contributed by atoms with Crippen LogP contribution < -0.4 is 5.32 Å². The monoisotopic (exact) mass is 306 g/mol. The van der Waals surface area contributed by atoms with Crippen molar-refractivity contribution in [3.8, 4) is 0 Å². The SMILES string of the molecule is Br.Cc1ccc2c(c1)c1c3n2CCN[C@H]3CCC1. The summed E-state index contributed by atoms with van der Waals surface area (Å²) in [6.07, 6.45) is 3.90. The molecule has 2 aliphatic rings. The Morgan fingerprint density at radius 1 is 1.33 bits per heavy atom. The molecule has 1 aliphatic heterocycles. The van der Waals surface area contributed by atoms with Gasteiger partial charge in [0.25, 0.3) is 0 Å². The molecule has 0 saturated carbocycles. The third-order valence-electron chi connectivity index (χ3n) is 4.34. The number of benzene rings is 1. The van der Waals surface area contributed by atoms with E-state index in [1.807, 2.05) is 0 Å². The lowest BCUT2D eigenvalue weighted by atomic mass is 9.90. The van der Waals surface area contributed by atoms with Crippen LogP contribution in [0.1, 0.15) is 35.7 Å². The second kappa shape index (κ2) is 4.39. The highest BCUT2D eigenvalue weighted by atomic mass is 79.9. The van der Waals surface area contributed by atoms with Gasteiger partial charge in [-0.2, -0.15) is 0 Å². The zero-order valence-electron chi connectivity index (χ0n) is 10.7. The summed E-state index contributed by atoms with van der Waals surface area (Å²) < 4.78 is 2.56. The van der Waals surface area contributed by atoms with Crippen molar-refractivity contribution in [3.05, 3.63) is 35.0 Å². The van der Waals surface area contributed by atoms with E-state index in [2.05, 4.69) is 35.0 Å². The standard InChI is InChI=1S/C15H18N2.BrH/c1-10-5-6-14-12(9-10)11-3-2-4-13-15(11)17(14)8-7-16-13;/h5-6,9,13,16H,2-4,7-8H2,1H3;1H/t13-;/m0./s1. The lowest BCUT2D eigenvalue weighted by Gasteiger charge is -2.31. The molecule has 96 valence electrons. The van der Waals surface area contributed by atoms with Gasteiger partial charge in [0.1, 0.15) is 0 Å². The smallest absolute Gasteiger partial charge is 0.0486 e. The third-order valence-corrected chi connectivity index (χ3v) is 4.34. The summed E-state index contributed by atoms with van der Waals surface area (Å²) in [6, 6.07) is 7.54. The number of halogens is 1. The molecule has 3 heteroatoms. The summed E-state index contributed by atoms with van der Waals surface area (Å²) in [4.78, 5) is 0. The quantitative estimate of drug-likeness (QED) is 0.788. The molecule has 1 atom stereocenters. The van der Waals surface area contributed by atoms with E-state index in [-0.39, 0.29) is 17.0 Å². The molecule has 2 heterocycles. The van der Waals surface area contributed by atoms with Crippen LogP contribution in [0.15, 0.2) is 18.2 Å². The highest BCUT2D eigenvalue weighted by Gasteiger charge is 2.29. The fraction of sp³-hybridized carbons (Fsp3) is 0.467. The summed E-state index contributed by atoms with van der Waals surface area (Å²) in [5.41, 5.74) is 6.04. The van der Waals surface area contributed by atoms with E-state index in [1.54, 1.807) is 11.3 Å². The van der Waals surface area contributed by atoms with Gasteiger partial charge in [0.05, 0.1) is 0 Å². The first-order valence-electron chi connectivity index (χ1n) is 6.69. The minimum Gasteiger partial charge on any atom is -0.342 e. The molecule has 1 aromatic heterocycles. The molecular weight excluding hydrogens is 288 g/mol. The number of nitrogens with one attached hydrogen (secondary N) is 1. The van der Waals surface area contributed by atoms with Crippen molar-refractivity contribution >= 4 is 27.9 Å². The first-order valence-corrected chi connectivity index (χ1v) is 6.69. The van der Waals surface area contributed by atoms with Gasteiger partial charge in [-0.05, 0) is 43.9 Å². The molecule has 0 unspecified atom stereocenters. The van der Waals surface area contributed by atoms with Gasteiger partial charge >= 0.3 is 0 Å². The number of aryl methyl sites for hydroxylation is 2. The lowest BCUT2D eigenvalue weighted by molar-refractivity contribution is 0.384. The second-order valence-electron chi connectivity index (χ2n) is 5.43. The summed E-state index contributed by atoms with van der Waals surface area (Å²) in [5.74, 6) is 0. The topological polar surface area (TPSA) is 17.0 Å². The third kappa shape index (κ3) is 1.57. The van der Waals surface area contributed by atoms with Crippen LogP contribution in [0.25, 0.3) is 10.9 Å². The summed E-state index contributed by atoms with van der Waals surface area (Å²) in [5, 5.41) is 5.18. The Morgan fingerprint density at radius 2 is 2.22 bits per heavy atom. The molecule has 0 amide bonds. The molecule has 18 heavy (non-hydrogen) atoms. The van der Waals surface area contributed by atoms with Crippen LogP contribution >= 0.6 is 17.0 Å². The van der Waals surface area contributed by atoms with E-state index in [1.165, 1.54) is 35.7 Å². The number of fused-ring (bicyclic) bond motifs is 3. The van der Waals surface area contributed by atoms with E-state index in [9.17, 15) is 0 Å². The Labute approximate surface area is 118 Å².